The zero-order chi connectivity index (χ0) is 22.4. The molecule has 1 fully saturated rings. The molecule has 0 bridgehead atoms. The number of hydrogen-bond acceptors (Lipinski definition) is 5. The van der Waals surface area contributed by atoms with Crippen LogP contribution in [0.2, 0.25) is 0 Å². The van der Waals surface area contributed by atoms with Crippen molar-refractivity contribution in [1.82, 2.24) is 19.4 Å². The average Bonchev–Trinajstić information content (AvgIpc) is 3.45. The Hall–Kier alpha value is -3.94. The predicted molar refractivity (Wildman–Crippen MR) is 119 cm³/mol. The van der Waals surface area contributed by atoms with E-state index in [1.54, 1.807) is 36.5 Å². The first-order valence-electron chi connectivity index (χ1n) is 10.2. The van der Waals surface area contributed by atoms with E-state index in [1.165, 1.54) is 12.1 Å². The third kappa shape index (κ3) is 3.33. The maximum atomic E-state index is 13.4. The van der Waals surface area contributed by atoms with Crippen LogP contribution in [0.5, 0.6) is 5.75 Å². The van der Waals surface area contributed by atoms with Crippen LogP contribution >= 0.6 is 0 Å². The van der Waals surface area contributed by atoms with Crippen LogP contribution in [0, 0.1) is 12.7 Å². The Kier molecular flexibility index (Phi) is 4.77. The highest BCUT2D eigenvalue weighted by Crippen LogP contribution is 2.35. The van der Waals surface area contributed by atoms with E-state index in [0.717, 1.165) is 22.5 Å². The quantitative estimate of drug-likeness (QED) is 0.593. The third-order valence-corrected chi connectivity index (χ3v) is 5.73. The van der Waals surface area contributed by atoms with Gasteiger partial charge in [-0.1, -0.05) is 18.2 Å². The highest BCUT2D eigenvalue weighted by Gasteiger charge is 2.44. The van der Waals surface area contributed by atoms with Gasteiger partial charge in [-0.3, -0.25) is 9.69 Å². The van der Waals surface area contributed by atoms with Crippen molar-refractivity contribution in [2.24, 2.45) is 4.99 Å². The maximum Gasteiger partial charge on any atom is 0.279 e. The van der Waals surface area contributed by atoms with Crippen molar-refractivity contribution in [1.29, 1.82) is 0 Å². The number of hydrogen-bond donors (Lipinski definition) is 0. The molecule has 1 saturated heterocycles. The van der Waals surface area contributed by atoms with Crippen LogP contribution in [0.25, 0.3) is 11.8 Å². The van der Waals surface area contributed by atoms with Crippen molar-refractivity contribution >= 4 is 17.9 Å². The Labute approximate surface area is 185 Å². The minimum absolute atomic E-state index is 0.174. The molecule has 0 radical (unpaired) electrons. The minimum atomic E-state index is -0.300. The highest BCUT2D eigenvalue weighted by molar-refractivity contribution is 6.14. The number of nitrogens with zero attached hydrogens (tertiary/aromatic N) is 5. The molecule has 1 atom stereocenters. The maximum absolute atomic E-state index is 13.4. The summed E-state index contributed by atoms with van der Waals surface area (Å²) in [6.45, 7) is 2.53. The SMILES string of the molecule is COc1cc(/C=C2\N=C3N(C)CC(c4ccc(F)cc4)N3C2=O)ccc1-n1cnc(C)c1. The smallest absolute Gasteiger partial charge is 0.279 e. The topological polar surface area (TPSA) is 63.0 Å². The molecule has 0 spiro atoms. The molecule has 1 aromatic heterocycles. The number of imidazole rings is 1. The molecular formula is C24H22FN5O2. The molecule has 5 rings (SSSR count). The molecule has 3 heterocycles. The lowest BCUT2D eigenvalue weighted by molar-refractivity contribution is -0.123. The van der Waals surface area contributed by atoms with Gasteiger partial charge in [0.15, 0.2) is 0 Å². The van der Waals surface area contributed by atoms with Crippen LogP contribution in [-0.4, -0.2) is 51.9 Å². The van der Waals surface area contributed by atoms with Gasteiger partial charge in [0.2, 0.25) is 5.96 Å². The number of aromatic nitrogens is 2. The van der Waals surface area contributed by atoms with E-state index in [0.29, 0.717) is 24.0 Å². The monoisotopic (exact) mass is 431 g/mol. The molecule has 2 aromatic carbocycles. The van der Waals surface area contributed by atoms with E-state index in [1.807, 2.05) is 47.8 Å². The number of likely N-dealkylation sites (N-methyl/N-ethyl adjacent to an activating group) is 1. The summed E-state index contributed by atoms with van der Waals surface area (Å²) in [5, 5.41) is 0. The van der Waals surface area contributed by atoms with Gasteiger partial charge < -0.3 is 14.2 Å². The average molecular weight is 431 g/mol. The standard InChI is InChI=1S/C24H22FN5O2/c1-15-12-29(14-26-15)20-9-4-16(11-22(20)32-3)10-19-23(31)30-21(13-28(2)24(30)27-19)17-5-7-18(25)8-6-17/h4-12,14,21H,13H2,1-3H3/b19-10-. The molecular weight excluding hydrogens is 409 g/mol. The number of guanidine groups is 1. The lowest BCUT2D eigenvalue weighted by atomic mass is 10.1. The molecule has 32 heavy (non-hydrogen) atoms. The fraction of sp³-hybridized carbons (Fsp3) is 0.208. The van der Waals surface area contributed by atoms with Crippen molar-refractivity contribution in [3.63, 3.8) is 0 Å². The van der Waals surface area contributed by atoms with E-state index in [2.05, 4.69) is 9.98 Å². The molecule has 1 unspecified atom stereocenters. The van der Waals surface area contributed by atoms with Gasteiger partial charge in [0, 0.05) is 19.8 Å². The summed E-state index contributed by atoms with van der Waals surface area (Å²) in [5.74, 6) is 0.794. The second-order valence-corrected chi connectivity index (χ2v) is 7.92. The van der Waals surface area contributed by atoms with Gasteiger partial charge in [-0.15, -0.1) is 0 Å². The molecule has 162 valence electrons. The van der Waals surface area contributed by atoms with Crippen molar-refractivity contribution in [3.05, 3.63) is 83.3 Å². The zero-order valence-corrected chi connectivity index (χ0v) is 18.0. The van der Waals surface area contributed by atoms with Crippen molar-refractivity contribution in [3.8, 4) is 11.4 Å². The van der Waals surface area contributed by atoms with Crippen LogP contribution in [0.15, 0.2) is 65.7 Å². The number of methoxy groups -OCH3 is 1. The summed E-state index contributed by atoms with van der Waals surface area (Å²) < 4.78 is 20.8. The Morgan fingerprint density at radius 2 is 1.97 bits per heavy atom. The first kappa shape index (κ1) is 20.0. The van der Waals surface area contributed by atoms with Gasteiger partial charge in [0.1, 0.15) is 17.3 Å². The van der Waals surface area contributed by atoms with Crippen molar-refractivity contribution in [2.75, 3.05) is 20.7 Å². The molecule has 0 N–H and O–H groups in total. The van der Waals surface area contributed by atoms with Crippen LogP contribution < -0.4 is 4.74 Å². The van der Waals surface area contributed by atoms with E-state index in [-0.39, 0.29) is 17.8 Å². The zero-order valence-electron chi connectivity index (χ0n) is 18.0. The Morgan fingerprint density at radius 3 is 2.66 bits per heavy atom. The minimum Gasteiger partial charge on any atom is -0.495 e. The van der Waals surface area contributed by atoms with E-state index >= 15 is 0 Å². The number of ether oxygens (including phenoxy) is 1. The third-order valence-electron chi connectivity index (χ3n) is 5.73. The van der Waals surface area contributed by atoms with Crippen LogP contribution in [-0.2, 0) is 4.79 Å². The number of amides is 1. The molecule has 3 aromatic rings. The molecule has 2 aliphatic rings. The summed E-state index contributed by atoms with van der Waals surface area (Å²) in [6, 6.07) is 11.8. The van der Waals surface area contributed by atoms with Gasteiger partial charge in [-0.25, -0.2) is 14.4 Å². The molecule has 0 saturated carbocycles. The van der Waals surface area contributed by atoms with Crippen molar-refractivity contribution < 1.29 is 13.9 Å². The lowest BCUT2D eigenvalue weighted by Gasteiger charge is -2.19. The fourth-order valence-electron chi connectivity index (χ4n) is 4.14. The number of fused-ring (bicyclic) bond motifs is 1. The number of rotatable bonds is 4. The van der Waals surface area contributed by atoms with Crippen LogP contribution in [0.3, 0.4) is 0 Å². The molecule has 0 aliphatic carbocycles. The van der Waals surface area contributed by atoms with E-state index in [9.17, 15) is 9.18 Å². The van der Waals surface area contributed by atoms with Crippen LogP contribution in [0.1, 0.15) is 22.9 Å². The first-order chi connectivity index (χ1) is 15.4. The van der Waals surface area contributed by atoms with Crippen molar-refractivity contribution in [2.45, 2.75) is 13.0 Å². The Bertz CT molecular complexity index is 1260. The second kappa shape index (κ2) is 7.64. The molecule has 1 amide bonds. The number of carbonyl (C=O) groups is 1. The summed E-state index contributed by atoms with van der Waals surface area (Å²) in [5.41, 5.74) is 3.80. The molecule has 7 nitrogen and oxygen atoms in total. The number of halogens is 1. The highest BCUT2D eigenvalue weighted by atomic mass is 19.1. The summed E-state index contributed by atoms with van der Waals surface area (Å²) in [7, 11) is 3.51. The Balaban J connectivity index is 1.47. The predicted octanol–water partition coefficient (Wildman–Crippen LogP) is 3.55. The van der Waals surface area contributed by atoms with Crippen LogP contribution in [0.4, 0.5) is 4.39 Å². The summed E-state index contributed by atoms with van der Waals surface area (Å²) >= 11 is 0. The van der Waals surface area contributed by atoms with Gasteiger partial charge in [0.05, 0.1) is 30.9 Å². The number of aliphatic imine (C=N–C) groups is 1. The first-order valence-corrected chi connectivity index (χ1v) is 10.2. The van der Waals surface area contributed by atoms with Gasteiger partial charge in [-0.05, 0) is 48.4 Å². The van der Waals surface area contributed by atoms with E-state index < -0.39 is 0 Å². The number of carbonyl (C=O) groups excluding carboxylic acids is 1. The van der Waals surface area contributed by atoms with Gasteiger partial charge in [-0.2, -0.15) is 0 Å². The fourth-order valence-corrected chi connectivity index (χ4v) is 4.14. The second-order valence-electron chi connectivity index (χ2n) is 7.92. The molecule has 2 aliphatic heterocycles. The largest absolute Gasteiger partial charge is 0.495 e. The van der Waals surface area contributed by atoms with Gasteiger partial charge >= 0.3 is 0 Å². The van der Waals surface area contributed by atoms with Gasteiger partial charge in [0.25, 0.3) is 5.91 Å². The lowest BCUT2D eigenvalue weighted by Crippen LogP contribution is -2.32. The summed E-state index contributed by atoms with van der Waals surface area (Å²) in [4.78, 5) is 25.7. The number of benzene rings is 2. The molecule has 8 heteroatoms. The van der Waals surface area contributed by atoms with E-state index in [4.69, 9.17) is 4.74 Å². The Morgan fingerprint density at radius 1 is 1.19 bits per heavy atom. The number of aryl methyl sites for hydroxylation is 1. The summed E-state index contributed by atoms with van der Waals surface area (Å²) in [6.07, 6.45) is 5.41. The normalized spacial score (nSPS) is 19.0.